The molecule has 0 bridgehead atoms. The van der Waals surface area contributed by atoms with Crippen molar-refractivity contribution in [2.75, 3.05) is 59.7 Å². The van der Waals surface area contributed by atoms with Gasteiger partial charge in [0.25, 0.3) is 0 Å². The molecule has 0 aliphatic carbocycles. The lowest BCUT2D eigenvalue weighted by atomic mass is 10.1. The number of aliphatic imine (C=N–C) groups is 1. The zero-order valence-electron chi connectivity index (χ0n) is 18.4. The molecule has 0 spiro atoms. The van der Waals surface area contributed by atoms with Crippen LogP contribution in [0.3, 0.4) is 0 Å². The summed E-state index contributed by atoms with van der Waals surface area (Å²) in [5, 5.41) is 3.46. The lowest BCUT2D eigenvalue weighted by Gasteiger charge is -2.30. The van der Waals surface area contributed by atoms with Crippen LogP contribution in [0.15, 0.2) is 4.99 Å². The van der Waals surface area contributed by atoms with Gasteiger partial charge in [-0.15, -0.1) is 24.0 Å². The SMILES string of the molecule is CCNC(=NCCCN(C(C)C)C(C)C)N1CCC(COCCOC)C1.I. The fraction of sp³-hybridized carbons (Fsp3) is 0.950. The smallest absolute Gasteiger partial charge is 0.193 e. The van der Waals surface area contributed by atoms with Crippen molar-refractivity contribution in [3.05, 3.63) is 0 Å². The van der Waals surface area contributed by atoms with Gasteiger partial charge in [0.15, 0.2) is 5.96 Å². The quantitative estimate of drug-likeness (QED) is 0.194. The minimum Gasteiger partial charge on any atom is -0.382 e. The first-order chi connectivity index (χ1) is 12.5. The molecule has 1 aliphatic rings. The Morgan fingerprint density at radius 1 is 1.22 bits per heavy atom. The maximum atomic E-state index is 5.70. The minimum atomic E-state index is 0. The molecule has 0 aromatic rings. The van der Waals surface area contributed by atoms with Crippen LogP contribution in [0.25, 0.3) is 0 Å². The molecule has 1 N–H and O–H groups in total. The average molecular weight is 498 g/mol. The topological polar surface area (TPSA) is 49.3 Å². The van der Waals surface area contributed by atoms with Crippen molar-refractivity contribution >= 4 is 29.9 Å². The van der Waals surface area contributed by atoms with Crippen LogP contribution in [0.2, 0.25) is 0 Å². The van der Waals surface area contributed by atoms with Crippen molar-refractivity contribution in [3.63, 3.8) is 0 Å². The van der Waals surface area contributed by atoms with Gasteiger partial charge in [0, 0.05) is 57.8 Å². The Bertz CT molecular complexity index is 386. The Labute approximate surface area is 184 Å². The number of rotatable bonds is 12. The lowest BCUT2D eigenvalue weighted by Crippen LogP contribution is -2.41. The second-order valence-corrected chi connectivity index (χ2v) is 7.68. The maximum absolute atomic E-state index is 5.70. The molecule has 0 radical (unpaired) electrons. The number of nitrogens with one attached hydrogen (secondary N) is 1. The van der Waals surface area contributed by atoms with Crippen molar-refractivity contribution < 1.29 is 9.47 Å². The highest BCUT2D eigenvalue weighted by Crippen LogP contribution is 2.16. The second-order valence-electron chi connectivity index (χ2n) is 7.68. The van der Waals surface area contributed by atoms with Gasteiger partial charge < -0.3 is 19.7 Å². The molecular formula is C20H43IN4O2. The molecule has 1 saturated heterocycles. The van der Waals surface area contributed by atoms with Gasteiger partial charge in [0.05, 0.1) is 19.8 Å². The number of guanidine groups is 1. The first-order valence-corrected chi connectivity index (χ1v) is 10.3. The third-order valence-corrected chi connectivity index (χ3v) is 4.87. The Morgan fingerprint density at radius 3 is 2.52 bits per heavy atom. The second kappa shape index (κ2) is 15.8. The van der Waals surface area contributed by atoms with Gasteiger partial charge in [-0.1, -0.05) is 0 Å². The van der Waals surface area contributed by atoms with Gasteiger partial charge in [-0.3, -0.25) is 9.89 Å². The van der Waals surface area contributed by atoms with Crippen LogP contribution < -0.4 is 5.32 Å². The Morgan fingerprint density at radius 2 is 1.93 bits per heavy atom. The van der Waals surface area contributed by atoms with Crippen molar-refractivity contribution in [2.24, 2.45) is 10.9 Å². The molecule has 0 aromatic heterocycles. The van der Waals surface area contributed by atoms with E-state index < -0.39 is 0 Å². The number of likely N-dealkylation sites (tertiary alicyclic amines) is 1. The molecule has 1 aliphatic heterocycles. The molecule has 1 fully saturated rings. The summed E-state index contributed by atoms with van der Waals surface area (Å²) in [5.41, 5.74) is 0. The fourth-order valence-corrected chi connectivity index (χ4v) is 3.53. The van der Waals surface area contributed by atoms with Crippen molar-refractivity contribution in [3.8, 4) is 0 Å². The van der Waals surface area contributed by atoms with E-state index in [0.717, 1.165) is 51.7 Å². The van der Waals surface area contributed by atoms with E-state index in [9.17, 15) is 0 Å². The van der Waals surface area contributed by atoms with Crippen LogP contribution in [0.5, 0.6) is 0 Å². The number of nitrogens with zero attached hydrogens (tertiary/aromatic N) is 3. The number of hydrogen-bond donors (Lipinski definition) is 1. The molecule has 27 heavy (non-hydrogen) atoms. The normalized spacial score (nSPS) is 17.9. The van der Waals surface area contributed by atoms with Gasteiger partial charge in [-0.25, -0.2) is 0 Å². The number of halogens is 1. The van der Waals surface area contributed by atoms with Crippen molar-refractivity contribution in [1.82, 2.24) is 15.1 Å². The Hall–Kier alpha value is -0.120. The minimum absolute atomic E-state index is 0. The van der Waals surface area contributed by atoms with Crippen LogP contribution in [0.4, 0.5) is 0 Å². The molecule has 6 nitrogen and oxygen atoms in total. The molecule has 1 heterocycles. The van der Waals surface area contributed by atoms with E-state index in [2.05, 4.69) is 49.7 Å². The molecule has 0 saturated carbocycles. The van der Waals surface area contributed by atoms with Crippen LogP contribution in [0.1, 0.15) is 47.5 Å². The van der Waals surface area contributed by atoms with Crippen molar-refractivity contribution in [2.45, 2.75) is 59.5 Å². The van der Waals surface area contributed by atoms with Gasteiger partial charge in [-0.2, -0.15) is 0 Å². The van der Waals surface area contributed by atoms with E-state index >= 15 is 0 Å². The molecule has 0 aromatic carbocycles. The van der Waals surface area contributed by atoms with Gasteiger partial charge in [0.1, 0.15) is 0 Å². The highest BCUT2D eigenvalue weighted by Gasteiger charge is 2.25. The molecule has 0 amide bonds. The van der Waals surface area contributed by atoms with Crippen LogP contribution >= 0.6 is 24.0 Å². The van der Waals surface area contributed by atoms with Crippen LogP contribution in [-0.4, -0.2) is 87.5 Å². The van der Waals surface area contributed by atoms with Crippen LogP contribution in [0, 0.1) is 5.92 Å². The van der Waals surface area contributed by atoms with Crippen molar-refractivity contribution in [1.29, 1.82) is 0 Å². The predicted molar refractivity (Wildman–Crippen MR) is 125 cm³/mol. The molecule has 1 atom stereocenters. The monoisotopic (exact) mass is 498 g/mol. The summed E-state index contributed by atoms with van der Waals surface area (Å²) in [7, 11) is 1.71. The zero-order chi connectivity index (χ0) is 19.4. The largest absolute Gasteiger partial charge is 0.382 e. The molecule has 7 heteroatoms. The lowest BCUT2D eigenvalue weighted by molar-refractivity contribution is 0.0536. The maximum Gasteiger partial charge on any atom is 0.193 e. The zero-order valence-corrected chi connectivity index (χ0v) is 20.7. The van der Waals surface area contributed by atoms with Crippen LogP contribution in [-0.2, 0) is 9.47 Å². The van der Waals surface area contributed by atoms with E-state index in [-0.39, 0.29) is 24.0 Å². The number of methoxy groups -OCH3 is 1. The average Bonchev–Trinajstić information content (AvgIpc) is 3.05. The number of hydrogen-bond acceptors (Lipinski definition) is 4. The molecule has 162 valence electrons. The summed E-state index contributed by atoms with van der Waals surface area (Å²) in [5.74, 6) is 1.65. The molecular weight excluding hydrogens is 455 g/mol. The van der Waals surface area contributed by atoms with Gasteiger partial charge in [-0.05, 0) is 47.5 Å². The van der Waals surface area contributed by atoms with E-state index in [1.807, 2.05) is 0 Å². The summed E-state index contributed by atoms with van der Waals surface area (Å²) in [4.78, 5) is 9.79. The summed E-state index contributed by atoms with van der Waals surface area (Å²) >= 11 is 0. The first-order valence-electron chi connectivity index (χ1n) is 10.3. The standard InChI is InChI=1S/C20H42N4O2.HI/c1-7-21-20(22-10-8-11-24(17(2)3)18(4)5)23-12-9-19(15-23)16-26-14-13-25-6;/h17-19H,7-16H2,1-6H3,(H,21,22);1H. The van der Waals surface area contributed by atoms with E-state index in [4.69, 9.17) is 14.5 Å². The summed E-state index contributed by atoms with van der Waals surface area (Å²) < 4.78 is 10.7. The van der Waals surface area contributed by atoms with E-state index in [1.54, 1.807) is 7.11 Å². The van der Waals surface area contributed by atoms with Gasteiger partial charge in [0.2, 0.25) is 0 Å². The Balaban J connectivity index is 0.00000676. The summed E-state index contributed by atoms with van der Waals surface area (Å²) in [6.07, 6.45) is 2.27. The first kappa shape index (κ1) is 26.9. The van der Waals surface area contributed by atoms with E-state index in [0.29, 0.717) is 31.2 Å². The third kappa shape index (κ3) is 10.9. The molecule has 1 unspecified atom stereocenters. The predicted octanol–water partition coefficient (Wildman–Crippen LogP) is 3.06. The highest BCUT2D eigenvalue weighted by molar-refractivity contribution is 14.0. The Kier molecular flexibility index (Phi) is 15.7. The third-order valence-electron chi connectivity index (χ3n) is 4.87. The highest BCUT2D eigenvalue weighted by atomic mass is 127. The van der Waals surface area contributed by atoms with E-state index in [1.165, 1.54) is 6.42 Å². The van der Waals surface area contributed by atoms with Gasteiger partial charge >= 0.3 is 0 Å². The molecule has 1 rings (SSSR count). The fourth-order valence-electron chi connectivity index (χ4n) is 3.53. The summed E-state index contributed by atoms with van der Waals surface area (Å²) in [6, 6.07) is 1.18. The number of ether oxygens (including phenoxy) is 2. The summed E-state index contributed by atoms with van der Waals surface area (Å²) in [6.45, 7) is 18.4.